The molecule has 3 saturated carbocycles. The summed E-state index contributed by atoms with van der Waals surface area (Å²) in [6.45, 7) is 5.47. The second-order valence-corrected chi connectivity index (χ2v) is 11.6. The highest BCUT2D eigenvalue weighted by atomic mass is 19.2. The number of halogens is 3. The highest BCUT2D eigenvalue weighted by molar-refractivity contribution is 5.94. The fourth-order valence-electron chi connectivity index (χ4n) is 5.35. The van der Waals surface area contributed by atoms with Crippen LogP contribution in [0.3, 0.4) is 0 Å². The number of carbonyl (C=O) groups excluding carboxylic acids is 2. The molecule has 0 aromatic heterocycles. The molecule has 2 bridgehead atoms. The Kier molecular flexibility index (Phi) is 8.04. The van der Waals surface area contributed by atoms with E-state index in [1.165, 1.54) is 7.11 Å². The van der Waals surface area contributed by atoms with E-state index in [1.54, 1.807) is 24.3 Å². The zero-order chi connectivity index (χ0) is 28.4. The molecule has 39 heavy (non-hydrogen) atoms. The Morgan fingerprint density at radius 3 is 2.13 bits per heavy atom. The number of amides is 2. The molecule has 0 spiro atoms. The summed E-state index contributed by atoms with van der Waals surface area (Å²) in [4.78, 5) is 25.1. The topological polar surface area (TPSA) is 85.9 Å². The molecule has 7 nitrogen and oxygen atoms in total. The van der Waals surface area contributed by atoms with Gasteiger partial charge in [0.1, 0.15) is 18.0 Å². The molecule has 3 aliphatic carbocycles. The van der Waals surface area contributed by atoms with Crippen LogP contribution in [0.4, 0.5) is 18.0 Å². The Labute approximate surface area is 226 Å². The lowest BCUT2D eigenvalue weighted by molar-refractivity contribution is 0.00518. The molecule has 3 aliphatic rings. The van der Waals surface area contributed by atoms with Crippen LogP contribution in [0.5, 0.6) is 11.5 Å². The summed E-state index contributed by atoms with van der Waals surface area (Å²) >= 11 is 0. The maximum atomic E-state index is 14.8. The van der Waals surface area contributed by atoms with Gasteiger partial charge in [-0.2, -0.15) is 4.39 Å². The van der Waals surface area contributed by atoms with Crippen molar-refractivity contribution in [2.75, 3.05) is 13.7 Å². The monoisotopic (exact) mass is 548 g/mol. The predicted molar refractivity (Wildman–Crippen MR) is 138 cm³/mol. The third-order valence-corrected chi connectivity index (χ3v) is 7.70. The van der Waals surface area contributed by atoms with Gasteiger partial charge in [0, 0.05) is 12.1 Å². The molecule has 2 N–H and O–H groups in total. The number of hydrogen-bond donors (Lipinski definition) is 2. The highest BCUT2D eigenvalue weighted by Crippen LogP contribution is 2.52. The number of methoxy groups -OCH3 is 1. The van der Waals surface area contributed by atoms with Gasteiger partial charge in [-0.1, -0.05) is 12.1 Å². The fourth-order valence-corrected chi connectivity index (χ4v) is 5.35. The van der Waals surface area contributed by atoms with Gasteiger partial charge in [0.2, 0.25) is 5.82 Å². The molecule has 2 aromatic rings. The minimum absolute atomic E-state index is 0.199. The number of benzene rings is 2. The quantitative estimate of drug-likeness (QED) is 0.393. The molecule has 2 amide bonds. The van der Waals surface area contributed by atoms with Crippen molar-refractivity contribution in [1.29, 1.82) is 0 Å². The van der Waals surface area contributed by atoms with Gasteiger partial charge in [-0.05, 0) is 88.5 Å². The Morgan fingerprint density at radius 1 is 0.949 bits per heavy atom. The van der Waals surface area contributed by atoms with Gasteiger partial charge in [-0.25, -0.2) is 13.6 Å². The van der Waals surface area contributed by atoms with E-state index in [1.807, 2.05) is 20.8 Å². The Bertz CT molecular complexity index is 1200. The number of nitrogens with one attached hydrogen (secondary N) is 2. The van der Waals surface area contributed by atoms with Crippen molar-refractivity contribution in [2.45, 2.75) is 77.0 Å². The van der Waals surface area contributed by atoms with Crippen LogP contribution < -0.4 is 20.1 Å². The molecule has 3 fully saturated rings. The van der Waals surface area contributed by atoms with E-state index >= 15 is 0 Å². The van der Waals surface area contributed by atoms with E-state index in [4.69, 9.17) is 14.2 Å². The van der Waals surface area contributed by atoms with E-state index in [-0.39, 0.29) is 24.1 Å². The maximum absolute atomic E-state index is 14.8. The van der Waals surface area contributed by atoms with Gasteiger partial charge in [-0.15, -0.1) is 0 Å². The summed E-state index contributed by atoms with van der Waals surface area (Å²) in [6.07, 6.45) is 3.95. The Hall–Kier alpha value is -3.43. The molecule has 0 aliphatic heterocycles. The Balaban J connectivity index is 1.35. The predicted octanol–water partition coefficient (Wildman–Crippen LogP) is 6.04. The normalized spacial score (nSPS) is 22.2. The number of alkyl carbamates (subject to hydrolysis) is 1. The van der Waals surface area contributed by atoms with Crippen molar-refractivity contribution in [3.8, 4) is 11.5 Å². The van der Waals surface area contributed by atoms with E-state index in [0.717, 1.165) is 38.5 Å². The summed E-state index contributed by atoms with van der Waals surface area (Å²) in [5.41, 5.74) is -1.27. The maximum Gasteiger partial charge on any atom is 0.408 e. The number of rotatable bonds is 8. The summed E-state index contributed by atoms with van der Waals surface area (Å²) in [5.74, 6) is -5.36. The van der Waals surface area contributed by atoms with E-state index < -0.39 is 46.4 Å². The zero-order valence-corrected chi connectivity index (χ0v) is 22.7. The average Bonchev–Trinajstić information content (AvgIpc) is 2.89. The lowest BCUT2D eigenvalue weighted by Gasteiger charge is -2.53. The third kappa shape index (κ3) is 6.59. The van der Waals surface area contributed by atoms with Crippen LogP contribution in [0.15, 0.2) is 30.3 Å². The molecule has 5 rings (SSSR count). The lowest BCUT2D eigenvalue weighted by Crippen LogP contribution is -2.59. The van der Waals surface area contributed by atoms with Crippen LogP contribution in [0.25, 0.3) is 0 Å². The summed E-state index contributed by atoms with van der Waals surface area (Å²) in [5, 5.41) is 5.71. The number of carbonyl (C=O) groups is 2. The van der Waals surface area contributed by atoms with Gasteiger partial charge in [0.05, 0.1) is 12.7 Å². The lowest BCUT2D eigenvalue weighted by atomic mass is 9.57. The minimum Gasteiger partial charge on any atom is -0.497 e. The van der Waals surface area contributed by atoms with Crippen molar-refractivity contribution < 1.29 is 37.0 Å². The van der Waals surface area contributed by atoms with Crippen molar-refractivity contribution >= 4 is 12.0 Å². The molecule has 212 valence electrons. The SMILES string of the molecule is COc1ccc(COc2c(F)cc(C(=O)NCC34CCC(NC(=O)OC(C)(C)C)(CC3)CC4)c(F)c2F)cc1. The molecule has 0 heterocycles. The van der Waals surface area contributed by atoms with Crippen LogP contribution in [0, 0.1) is 22.9 Å². The first-order valence-electron chi connectivity index (χ1n) is 13.1. The first-order valence-corrected chi connectivity index (χ1v) is 13.1. The second-order valence-electron chi connectivity index (χ2n) is 11.6. The number of hydrogen-bond acceptors (Lipinski definition) is 5. The number of ether oxygens (including phenoxy) is 3. The highest BCUT2D eigenvalue weighted by Gasteiger charge is 2.49. The molecule has 2 aromatic carbocycles. The van der Waals surface area contributed by atoms with Crippen molar-refractivity contribution in [3.63, 3.8) is 0 Å². The molecule has 0 radical (unpaired) electrons. The largest absolute Gasteiger partial charge is 0.497 e. The van der Waals surface area contributed by atoms with Crippen LogP contribution in [-0.4, -0.2) is 36.8 Å². The second kappa shape index (κ2) is 11.0. The molecule has 10 heteroatoms. The van der Waals surface area contributed by atoms with Crippen LogP contribution in [0.1, 0.15) is 75.2 Å². The van der Waals surface area contributed by atoms with E-state index in [0.29, 0.717) is 17.4 Å². The fraction of sp³-hybridized carbons (Fsp3) is 0.517. The van der Waals surface area contributed by atoms with Gasteiger partial charge in [0.15, 0.2) is 17.4 Å². The average molecular weight is 549 g/mol. The van der Waals surface area contributed by atoms with Gasteiger partial charge >= 0.3 is 6.09 Å². The molecule has 0 unspecified atom stereocenters. The van der Waals surface area contributed by atoms with Gasteiger partial charge in [-0.3, -0.25) is 4.79 Å². The van der Waals surface area contributed by atoms with Crippen LogP contribution >= 0.6 is 0 Å². The van der Waals surface area contributed by atoms with Gasteiger partial charge < -0.3 is 24.8 Å². The summed E-state index contributed by atoms with van der Waals surface area (Å²) < 4.78 is 59.9. The molecular formula is C29H35F3N2O5. The smallest absolute Gasteiger partial charge is 0.408 e. The third-order valence-electron chi connectivity index (χ3n) is 7.70. The van der Waals surface area contributed by atoms with Crippen molar-refractivity contribution in [1.82, 2.24) is 10.6 Å². The van der Waals surface area contributed by atoms with E-state index in [9.17, 15) is 22.8 Å². The Morgan fingerprint density at radius 2 is 1.56 bits per heavy atom. The number of fused-ring (bicyclic) bond motifs is 3. The van der Waals surface area contributed by atoms with Crippen LogP contribution in [-0.2, 0) is 11.3 Å². The minimum atomic E-state index is -1.56. The molecule has 0 atom stereocenters. The van der Waals surface area contributed by atoms with Gasteiger partial charge in [0.25, 0.3) is 5.91 Å². The standard InChI is InChI=1S/C29H35F3N2O5/c1-27(2,3)39-26(36)34-29-12-9-28(10-13-29,11-14-29)17-33-25(35)20-15-21(30)24(23(32)22(20)31)38-16-18-5-7-19(37-4)8-6-18/h5-8,15H,9-14,16-17H2,1-4H3,(H,33,35)(H,34,36). The van der Waals surface area contributed by atoms with Crippen LogP contribution in [0.2, 0.25) is 0 Å². The van der Waals surface area contributed by atoms with E-state index in [2.05, 4.69) is 10.6 Å². The van der Waals surface area contributed by atoms with Crippen molar-refractivity contribution in [2.24, 2.45) is 5.41 Å². The van der Waals surface area contributed by atoms with Crippen molar-refractivity contribution in [3.05, 3.63) is 58.9 Å². The summed E-state index contributed by atoms with van der Waals surface area (Å²) in [6, 6.07) is 7.29. The zero-order valence-electron chi connectivity index (χ0n) is 22.7. The first-order chi connectivity index (χ1) is 18.3. The molecular weight excluding hydrogens is 513 g/mol. The summed E-state index contributed by atoms with van der Waals surface area (Å²) in [7, 11) is 1.51. The molecule has 0 saturated heterocycles. The first kappa shape index (κ1) is 28.6.